The molecule has 0 saturated heterocycles. The van der Waals surface area contributed by atoms with Gasteiger partial charge in [0.1, 0.15) is 17.1 Å². The van der Waals surface area contributed by atoms with Crippen LogP contribution in [0.1, 0.15) is 31.2 Å². The molecule has 36 heavy (non-hydrogen) atoms. The van der Waals surface area contributed by atoms with E-state index in [-0.39, 0.29) is 0 Å². The minimum Gasteiger partial charge on any atom is -0.496 e. The molecule has 0 atom stereocenters. The van der Waals surface area contributed by atoms with Gasteiger partial charge in [0, 0.05) is 16.7 Å². The van der Waals surface area contributed by atoms with E-state index in [1.807, 2.05) is 36.4 Å². The van der Waals surface area contributed by atoms with Gasteiger partial charge in [0.25, 0.3) is 0 Å². The molecule has 1 aromatic heterocycles. The van der Waals surface area contributed by atoms with Gasteiger partial charge >= 0.3 is 0 Å². The Labute approximate surface area is 210 Å². The van der Waals surface area contributed by atoms with Crippen molar-refractivity contribution in [3.8, 4) is 45.4 Å². The molecule has 2 saturated carbocycles. The van der Waals surface area contributed by atoms with E-state index in [0.29, 0.717) is 25.5 Å². The molecule has 2 heterocycles. The smallest absolute Gasteiger partial charge is 0.167 e. The maximum absolute atomic E-state index is 10.8. The molecule has 1 aliphatic heterocycles. The Morgan fingerprint density at radius 3 is 2.42 bits per heavy atom. The zero-order valence-electron chi connectivity index (χ0n) is 20.3. The van der Waals surface area contributed by atoms with Crippen molar-refractivity contribution in [3.05, 3.63) is 78.4 Å². The number of imidazole rings is 1. The summed E-state index contributed by atoms with van der Waals surface area (Å²) in [6.07, 6.45) is 3.50. The van der Waals surface area contributed by atoms with E-state index >= 15 is 0 Å². The lowest BCUT2D eigenvalue weighted by Gasteiger charge is -2.52. The number of benzene rings is 3. The van der Waals surface area contributed by atoms with Crippen LogP contribution in [0.2, 0.25) is 0 Å². The highest BCUT2D eigenvalue weighted by atomic mass is 16.5. The Kier molecular flexibility index (Phi) is 4.63. The predicted octanol–water partition coefficient (Wildman–Crippen LogP) is 5.33. The van der Waals surface area contributed by atoms with Gasteiger partial charge in [0.2, 0.25) is 0 Å². The van der Waals surface area contributed by atoms with Crippen LogP contribution in [0.25, 0.3) is 33.9 Å². The Morgan fingerprint density at radius 2 is 1.72 bits per heavy atom. The molecule has 2 aliphatic carbocycles. The molecule has 0 spiro atoms. The number of hydrogen-bond acceptors (Lipinski definition) is 5. The molecule has 182 valence electrons. The second kappa shape index (κ2) is 7.69. The number of hydrogen-bond donors (Lipinski definition) is 2. The predicted molar refractivity (Wildman–Crippen MR) is 138 cm³/mol. The molecule has 7 rings (SSSR count). The van der Waals surface area contributed by atoms with Crippen molar-refractivity contribution in [2.75, 3.05) is 7.11 Å². The molecular weight excluding hydrogens is 450 g/mol. The topological polar surface area (TPSA) is 82.5 Å². The molecule has 3 N–H and O–H groups in total. The fourth-order valence-electron chi connectivity index (χ4n) is 6.13. The summed E-state index contributed by atoms with van der Waals surface area (Å²) < 4.78 is 13.9. The number of aromatic nitrogens is 2. The minimum absolute atomic E-state index is 0.372. The van der Waals surface area contributed by atoms with Crippen LogP contribution in [-0.4, -0.2) is 27.4 Å². The van der Waals surface area contributed by atoms with Crippen LogP contribution in [-0.2, 0) is 12.3 Å². The molecule has 0 amide bonds. The summed E-state index contributed by atoms with van der Waals surface area (Å²) in [5.74, 6) is 2.76. The second-order valence-electron chi connectivity index (χ2n) is 10.5. The first-order valence-electron chi connectivity index (χ1n) is 12.6. The fraction of sp³-hybridized carbons (Fsp3) is 0.300. The van der Waals surface area contributed by atoms with Gasteiger partial charge < -0.3 is 20.3 Å². The lowest BCUT2D eigenvalue weighted by molar-refractivity contribution is -0.106. The number of rotatable bonds is 5. The Bertz CT molecular complexity index is 1430. The average molecular weight is 480 g/mol. The van der Waals surface area contributed by atoms with Crippen LogP contribution in [0.4, 0.5) is 0 Å². The Balaban J connectivity index is 1.32. The van der Waals surface area contributed by atoms with Crippen molar-refractivity contribution in [1.82, 2.24) is 9.55 Å². The van der Waals surface area contributed by atoms with Crippen LogP contribution in [0.3, 0.4) is 0 Å². The van der Waals surface area contributed by atoms with E-state index in [1.54, 1.807) is 7.11 Å². The summed E-state index contributed by atoms with van der Waals surface area (Å²) in [6.45, 7) is 0.372. The van der Waals surface area contributed by atoms with Crippen molar-refractivity contribution in [3.63, 3.8) is 0 Å². The largest absolute Gasteiger partial charge is 0.496 e. The van der Waals surface area contributed by atoms with Gasteiger partial charge in [-0.25, -0.2) is 4.98 Å². The van der Waals surface area contributed by atoms with Crippen molar-refractivity contribution in [2.45, 2.75) is 43.6 Å². The number of nitrogens with two attached hydrogens (primary N) is 1. The first kappa shape index (κ1) is 21.7. The summed E-state index contributed by atoms with van der Waals surface area (Å²) in [5, 5.41) is 10.8. The highest BCUT2D eigenvalue weighted by Crippen LogP contribution is 2.57. The normalized spacial score (nSPS) is 24.3. The van der Waals surface area contributed by atoms with Crippen LogP contribution in [0.5, 0.6) is 11.5 Å². The van der Waals surface area contributed by atoms with E-state index < -0.39 is 11.1 Å². The quantitative estimate of drug-likeness (QED) is 0.404. The van der Waals surface area contributed by atoms with Crippen molar-refractivity contribution < 1.29 is 14.6 Å². The number of fused-ring (bicyclic) bond motifs is 3. The highest BCUT2D eigenvalue weighted by molar-refractivity contribution is 5.85. The van der Waals surface area contributed by atoms with Gasteiger partial charge in [0.15, 0.2) is 12.6 Å². The molecule has 6 nitrogen and oxygen atoms in total. The van der Waals surface area contributed by atoms with Crippen LogP contribution in [0.15, 0.2) is 72.8 Å². The van der Waals surface area contributed by atoms with E-state index in [4.69, 9.17) is 20.2 Å². The van der Waals surface area contributed by atoms with Crippen LogP contribution >= 0.6 is 0 Å². The first-order valence-corrected chi connectivity index (χ1v) is 12.6. The van der Waals surface area contributed by atoms with Gasteiger partial charge in [0.05, 0.1) is 24.1 Å². The van der Waals surface area contributed by atoms with Crippen molar-refractivity contribution >= 4 is 0 Å². The molecule has 2 fully saturated rings. The molecule has 3 aromatic carbocycles. The van der Waals surface area contributed by atoms with E-state index in [0.717, 1.165) is 63.8 Å². The van der Waals surface area contributed by atoms with Gasteiger partial charge in [-0.15, -0.1) is 0 Å². The summed E-state index contributed by atoms with van der Waals surface area (Å²) >= 11 is 0. The number of nitrogens with zero attached hydrogens (tertiary/aromatic N) is 2. The molecule has 4 aromatic rings. The Morgan fingerprint density at radius 1 is 0.972 bits per heavy atom. The molecule has 6 heteroatoms. The van der Waals surface area contributed by atoms with Crippen LogP contribution < -0.4 is 15.2 Å². The third kappa shape index (κ3) is 3.21. The van der Waals surface area contributed by atoms with Gasteiger partial charge in [-0.05, 0) is 49.3 Å². The lowest BCUT2D eigenvalue weighted by atomic mass is 9.60. The average Bonchev–Trinajstić information content (AvgIpc) is 3.68. The zero-order chi connectivity index (χ0) is 24.5. The highest BCUT2D eigenvalue weighted by Gasteiger charge is 2.58. The molecule has 0 radical (unpaired) electrons. The lowest BCUT2D eigenvalue weighted by Crippen LogP contribution is -2.60. The minimum atomic E-state index is -0.580. The summed E-state index contributed by atoms with van der Waals surface area (Å²) in [6, 6.07) is 24.5. The monoisotopic (exact) mass is 479 g/mol. The maximum Gasteiger partial charge on any atom is 0.167 e. The number of methoxy groups -OCH3 is 1. The first-order chi connectivity index (χ1) is 17.5. The van der Waals surface area contributed by atoms with Gasteiger partial charge in [-0.1, -0.05) is 60.7 Å². The van der Waals surface area contributed by atoms with Gasteiger partial charge in [-0.3, -0.25) is 4.57 Å². The second-order valence-corrected chi connectivity index (χ2v) is 10.5. The SMILES string of the molecule is COc1cccc2c1-c1nc(-c3ccc(C4(N)CC(O)(C5CC5)C4)cc3)c(-c3ccccc3)n1CO2. The number of ether oxygens (including phenoxy) is 2. The van der Waals surface area contributed by atoms with E-state index in [1.165, 1.54) is 0 Å². The van der Waals surface area contributed by atoms with Crippen molar-refractivity contribution in [2.24, 2.45) is 11.7 Å². The van der Waals surface area contributed by atoms with Crippen molar-refractivity contribution in [1.29, 1.82) is 0 Å². The van der Waals surface area contributed by atoms with E-state index in [9.17, 15) is 5.11 Å². The fourth-order valence-corrected chi connectivity index (χ4v) is 6.13. The molecule has 0 unspecified atom stereocenters. The van der Waals surface area contributed by atoms with E-state index in [2.05, 4.69) is 41.0 Å². The maximum atomic E-state index is 10.8. The van der Waals surface area contributed by atoms with Crippen LogP contribution in [0, 0.1) is 5.92 Å². The third-order valence-corrected chi connectivity index (χ3v) is 8.11. The molecule has 0 bridgehead atoms. The Hall–Kier alpha value is -3.61. The standard InChI is InChI=1S/C30H29N3O3/c1-35-23-8-5-9-24-25(23)28-32-26(27(33(28)18-36-24)20-6-3-2-4-7-20)19-10-12-21(13-11-19)29(31)16-30(34,17-29)22-14-15-22/h2-13,22,34H,14-18,31H2,1H3. The zero-order valence-corrected chi connectivity index (χ0v) is 20.3. The summed E-state index contributed by atoms with van der Waals surface area (Å²) in [5.41, 5.74) is 11.6. The number of aliphatic hydroxyl groups is 1. The molecular formula is C30H29N3O3. The molecule has 3 aliphatic rings. The summed E-state index contributed by atoms with van der Waals surface area (Å²) in [4.78, 5) is 5.16. The summed E-state index contributed by atoms with van der Waals surface area (Å²) in [7, 11) is 1.67. The third-order valence-electron chi connectivity index (χ3n) is 8.11. The van der Waals surface area contributed by atoms with Gasteiger partial charge in [-0.2, -0.15) is 0 Å².